The molecule has 6 nitrogen and oxygen atoms in total. The molecule has 1 N–H and O–H groups in total. The number of amides is 2. The predicted octanol–water partition coefficient (Wildman–Crippen LogP) is 3.10. The molecule has 2 aromatic carbocycles. The maximum atomic E-state index is 12.9. The van der Waals surface area contributed by atoms with Gasteiger partial charge in [0.25, 0.3) is 0 Å². The molecule has 1 saturated heterocycles. The number of carbonyl (C=O) groups excluding carboxylic acids is 3. The van der Waals surface area contributed by atoms with Crippen molar-refractivity contribution >= 4 is 23.5 Å². The molecule has 2 unspecified atom stereocenters. The zero-order valence-corrected chi connectivity index (χ0v) is 15.2. The summed E-state index contributed by atoms with van der Waals surface area (Å²) in [6.07, 6.45) is -0.203. The first-order chi connectivity index (χ1) is 13.0. The molecule has 4 rings (SSSR count). The zero-order chi connectivity index (χ0) is 19.1. The second-order valence-electron chi connectivity index (χ2n) is 7.01. The quantitative estimate of drug-likeness (QED) is 0.849. The van der Waals surface area contributed by atoms with Gasteiger partial charge in [0.1, 0.15) is 6.04 Å². The highest BCUT2D eigenvalue weighted by atomic mass is 16.6. The minimum atomic E-state index is -0.849. The van der Waals surface area contributed by atoms with Crippen molar-refractivity contribution < 1.29 is 19.1 Å². The molecule has 2 atom stereocenters. The van der Waals surface area contributed by atoms with E-state index in [0.717, 1.165) is 16.8 Å². The van der Waals surface area contributed by atoms with E-state index in [1.54, 1.807) is 24.3 Å². The molecule has 2 aromatic rings. The van der Waals surface area contributed by atoms with Gasteiger partial charge in [0.2, 0.25) is 18.0 Å². The maximum Gasteiger partial charge on any atom is 0.340 e. The Labute approximate surface area is 157 Å². The van der Waals surface area contributed by atoms with Gasteiger partial charge in [0, 0.05) is 17.7 Å². The third-order valence-corrected chi connectivity index (χ3v) is 5.13. The Morgan fingerprint density at radius 3 is 2.74 bits per heavy atom. The van der Waals surface area contributed by atoms with Crippen LogP contribution in [-0.4, -0.2) is 28.7 Å². The van der Waals surface area contributed by atoms with Crippen molar-refractivity contribution in [1.29, 1.82) is 0 Å². The number of cyclic esters (lactones) is 1. The van der Waals surface area contributed by atoms with Crippen LogP contribution in [0.4, 0.5) is 5.69 Å². The van der Waals surface area contributed by atoms with Crippen LogP contribution >= 0.6 is 0 Å². The first-order valence-electron chi connectivity index (χ1n) is 8.95. The third kappa shape index (κ3) is 2.97. The number of nitrogens with one attached hydrogen (secondary N) is 1. The fraction of sp³-hybridized carbons (Fsp3) is 0.286. The van der Waals surface area contributed by atoms with Gasteiger partial charge >= 0.3 is 5.97 Å². The minimum Gasteiger partial charge on any atom is -0.433 e. The van der Waals surface area contributed by atoms with Gasteiger partial charge in [-0.2, -0.15) is 0 Å². The smallest absolute Gasteiger partial charge is 0.340 e. The average Bonchev–Trinajstić information content (AvgIpc) is 3.18. The molecule has 2 amide bonds. The number of rotatable bonds is 3. The molecule has 0 aliphatic carbocycles. The van der Waals surface area contributed by atoms with Crippen LogP contribution in [0.1, 0.15) is 46.1 Å². The van der Waals surface area contributed by atoms with Crippen molar-refractivity contribution in [3.63, 3.8) is 0 Å². The highest BCUT2D eigenvalue weighted by Gasteiger charge is 2.46. The number of nitrogens with zero attached hydrogens (tertiary/aromatic N) is 1. The molecule has 0 spiro atoms. The lowest BCUT2D eigenvalue weighted by molar-refractivity contribution is -0.144. The van der Waals surface area contributed by atoms with E-state index in [1.165, 1.54) is 4.90 Å². The van der Waals surface area contributed by atoms with Gasteiger partial charge in [-0.3, -0.25) is 14.5 Å². The van der Waals surface area contributed by atoms with E-state index in [-0.39, 0.29) is 18.2 Å². The third-order valence-electron chi connectivity index (χ3n) is 5.13. The Morgan fingerprint density at radius 2 is 1.93 bits per heavy atom. The van der Waals surface area contributed by atoms with E-state index >= 15 is 0 Å². The second kappa shape index (κ2) is 6.54. The molecule has 2 heterocycles. The van der Waals surface area contributed by atoms with Gasteiger partial charge in [-0.05, 0) is 43.5 Å². The van der Waals surface area contributed by atoms with Gasteiger partial charge in [-0.25, -0.2) is 4.79 Å². The number of ether oxygens (including phenoxy) is 1. The normalized spacial score (nSPS) is 21.2. The molecule has 27 heavy (non-hydrogen) atoms. The van der Waals surface area contributed by atoms with Crippen molar-refractivity contribution in [2.75, 3.05) is 5.32 Å². The second-order valence-corrected chi connectivity index (χ2v) is 7.01. The largest absolute Gasteiger partial charge is 0.433 e. The van der Waals surface area contributed by atoms with Crippen molar-refractivity contribution in [2.45, 2.75) is 39.0 Å². The summed E-state index contributed by atoms with van der Waals surface area (Å²) in [4.78, 5) is 39.0. The lowest BCUT2D eigenvalue weighted by Crippen LogP contribution is -2.44. The highest BCUT2D eigenvalue weighted by Crippen LogP contribution is 2.38. The number of benzene rings is 2. The van der Waals surface area contributed by atoms with Crippen LogP contribution in [0.5, 0.6) is 0 Å². The van der Waals surface area contributed by atoms with Crippen molar-refractivity contribution in [3.05, 3.63) is 64.7 Å². The van der Waals surface area contributed by atoms with Crippen LogP contribution < -0.4 is 5.32 Å². The summed E-state index contributed by atoms with van der Waals surface area (Å²) in [6, 6.07) is 12.1. The highest BCUT2D eigenvalue weighted by molar-refractivity contribution is 6.00. The zero-order valence-electron chi connectivity index (χ0n) is 15.2. The number of fused-ring (bicyclic) bond motifs is 1. The lowest BCUT2D eigenvalue weighted by Gasteiger charge is -2.29. The first-order valence-corrected chi connectivity index (χ1v) is 8.95. The monoisotopic (exact) mass is 364 g/mol. The van der Waals surface area contributed by atoms with E-state index in [4.69, 9.17) is 4.74 Å². The van der Waals surface area contributed by atoms with Gasteiger partial charge in [-0.1, -0.05) is 30.3 Å². The number of likely N-dealkylation sites (tertiary alicyclic amines) is 1. The summed E-state index contributed by atoms with van der Waals surface area (Å²) in [7, 11) is 0. The summed E-state index contributed by atoms with van der Waals surface area (Å²) in [5.74, 6) is -0.926. The first kappa shape index (κ1) is 17.3. The minimum absolute atomic E-state index is 0.189. The molecule has 138 valence electrons. The van der Waals surface area contributed by atoms with Crippen LogP contribution in [0.3, 0.4) is 0 Å². The van der Waals surface area contributed by atoms with Crippen LogP contribution in [-0.2, 0) is 14.3 Å². The number of anilines is 1. The van der Waals surface area contributed by atoms with Crippen LogP contribution in [0.2, 0.25) is 0 Å². The van der Waals surface area contributed by atoms with Crippen molar-refractivity contribution in [3.8, 4) is 0 Å². The Kier molecular flexibility index (Phi) is 4.18. The van der Waals surface area contributed by atoms with E-state index in [1.807, 2.05) is 32.0 Å². The molecule has 0 bridgehead atoms. The Hall–Kier alpha value is -3.15. The number of hydrogen-bond donors (Lipinski definition) is 1. The molecular formula is C21H20N2O4. The number of carbonyl (C=O) groups is 3. The molecule has 2 aliphatic rings. The SMILES string of the molecule is Cc1ccc(C)c(NC(=O)C2CCC(=O)N2C2OC(=O)c3ccccc32)c1. The standard InChI is InChI=1S/C21H20N2O4/c1-12-7-8-13(2)16(11-12)22-19(25)17-9-10-18(24)23(17)20-14-5-3-4-6-15(14)21(26)27-20/h3-8,11,17,20H,9-10H2,1-2H3,(H,22,25). The molecule has 2 aliphatic heterocycles. The molecule has 6 heteroatoms. The van der Waals surface area contributed by atoms with Gasteiger partial charge in [0.05, 0.1) is 5.56 Å². The predicted molar refractivity (Wildman–Crippen MR) is 99.0 cm³/mol. The summed E-state index contributed by atoms with van der Waals surface area (Å²) < 4.78 is 5.45. The summed E-state index contributed by atoms with van der Waals surface area (Å²) in [5, 5.41) is 2.93. The number of aryl methyl sites for hydroxylation is 2. The Morgan fingerprint density at radius 1 is 1.15 bits per heavy atom. The fourth-order valence-corrected chi connectivity index (χ4v) is 3.67. The van der Waals surface area contributed by atoms with Crippen LogP contribution in [0.15, 0.2) is 42.5 Å². The number of esters is 1. The van der Waals surface area contributed by atoms with Crippen LogP contribution in [0.25, 0.3) is 0 Å². The molecular weight excluding hydrogens is 344 g/mol. The van der Waals surface area contributed by atoms with Gasteiger partial charge in [0.15, 0.2) is 0 Å². The topological polar surface area (TPSA) is 75.7 Å². The van der Waals surface area contributed by atoms with Crippen molar-refractivity contribution in [2.24, 2.45) is 0 Å². The van der Waals surface area contributed by atoms with E-state index in [9.17, 15) is 14.4 Å². The molecule has 1 fully saturated rings. The van der Waals surface area contributed by atoms with Gasteiger partial charge < -0.3 is 10.1 Å². The van der Waals surface area contributed by atoms with Crippen molar-refractivity contribution in [1.82, 2.24) is 4.90 Å². The Bertz CT molecular complexity index is 953. The summed E-state index contributed by atoms with van der Waals surface area (Å²) in [6.45, 7) is 3.87. The summed E-state index contributed by atoms with van der Waals surface area (Å²) in [5.41, 5.74) is 3.78. The molecule has 0 radical (unpaired) electrons. The van der Waals surface area contributed by atoms with Crippen LogP contribution in [0, 0.1) is 13.8 Å². The lowest BCUT2D eigenvalue weighted by atomic mass is 10.1. The van der Waals surface area contributed by atoms with E-state index in [2.05, 4.69) is 5.32 Å². The fourth-order valence-electron chi connectivity index (χ4n) is 3.67. The molecule has 0 saturated carbocycles. The summed E-state index contributed by atoms with van der Waals surface area (Å²) >= 11 is 0. The maximum absolute atomic E-state index is 12.9. The number of hydrogen-bond acceptors (Lipinski definition) is 4. The van der Waals surface area contributed by atoms with E-state index < -0.39 is 18.2 Å². The van der Waals surface area contributed by atoms with Gasteiger partial charge in [-0.15, -0.1) is 0 Å². The molecule has 0 aromatic heterocycles. The Balaban J connectivity index is 1.62. The van der Waals surface area contributed by atoms with E-state index in [0.29, 0.717) is 17.5 Å². The average molecular weight is 364 g/mol.